The van der Waals surface area contributed by atoms with E-state index in [4.69, 9.17) is 5.11 Å². The number of nitro groups is 1. The fraction of sp³-hybridized carbons (Fsp3) is 0.300. The molecule has 0 bridgehead atoms. The Morgan fingerprint density at radius 1 is 1.43 bits per heavy atom. The van der Waals surface area contributed by atoms with E-state index in [2.05, 4.69) is 9.46 Å². The van der Waals surface area contributed by atoms with Crippen LogP contribution in [0.2, 0.25) is 0 Å². The lowest BCUT2D eigenvalue weighted by atomic mass is 10.3. The van der Waals surface area contributed by atoms with Crippen molar-refractivity contribution in [1.29, 1.82) is 0 Å². The maximum absolute atomic E-state index is 11.8. The number of carboxylic acid groups (broad SMARTS) is 1. The molecule has 11 heteroatoms. The number of aliphatic carboxylic acids is 1. The molecular formula is C10H12N2O8S. The van der Waals surface area contributed by atoms with Gasteiger partial charge in [0.2, 0.25) is 10.0 Å². The number of nitrogens with one attached hydrogen (secondary N) is 1. The minimum Gasteiger partial charge on any atom is -0.502 e. The fourth-order valence-electron chi connectivity index (χ4n) is 1.31. The summed E-state index contributed by atoms with van der Waals surface area (Å²) in [6.45, 7) is -0.942. The normalized spacial score (nSPS) is 11.2. The van der Waals surface area contributed by atoms with E-state index < -0.39 is 43.9 Å². The number of rotatable bonds is 8. The van der Waals surface area contributed by atoms with E-state index in [9.17, 15) is 28.4 Å². The van der Waals surface area contributed by atoms with Crippen molar-refractivity contribution in [2.75, 3.05) is 19.8 Å². The van der Waals surface area contributed by atoms with E-state index in [0.717, 1.165) is 18.2 Å². The van der Waals surface area contributed by atoms with Gasteiger partial charge in [0, 0.05) is 12.6 Å². The fourth-order valence-corrected chi connectivity index (χ4v) is 2.34. The van der Waals surface area contributed by atoms with E-state index >= 15 is 0 Å². The molecule has 10 nitrogen and oxygen atoms in total. The third-order valence-corrected chi connectivity index (χ3v) is 3.68. The van der Waals surface area contributed by atoms with Crippen molar-refractivity contribution in [2.45, 2.75) is 4.90 Å². The van der Waals surface area contributed by atoms with Gasteiger partial charge >= 0.3 is 11.7 Å². The molecular weight excluding hydrogens is 308 g/mol. The summed E-state index contributed by atoms with van der Waals surface area (Å²) < 4.78 is 30.4. The lowest BCUT2D eigenvalue weighted by molar-refractivity contribution is -0.386. The van der Waals surface area contributed by atoms with Crippen LogP contribution in [0.4, 0.5) is 5.69 Å². The molecule has 1 aromatic rings. The maximum atomic E-state index is 11.8. The molecule has 0 saturated carbocycles. The molecule has 0 radical (unpaired) electrons. The summed E-state index contributed by atoms with van der Waals surface area (Å²) in [6, 6.07) is 2.62. The highest BCUT2D eigenvalue weighted by molar-refractivity contribution is 7.89. The first-order chi connectivity index (χ1) is 9.74. The number of nitrogens with zero attached hydrogens (tertiary/aromatic N) is 1. The van der Waals surface area contributed by atoms with Gasteiger partial charge in [0.25, 0.3) is 0 Å². The van der Waals surface area contributed by atoms with Crippen LogP contribution in [0.3, 0.4) is 0 Å². The van der Waals surface area contributed by atoms with E-state index in [1.807, 2.05) is 0 Å². The molecule has 0 heterocycles. The van der Waals surface area contributed by atoms with Gasteiger partial charge in [0.1, 0.15) is 6.61 Å². The van der Waals surface area contributed by atoms with Crippen molar-refractivity contribution >= 4 is 21.7 Å². The molecule has 0 spiro atoms. The summed E-state index contributed by atoms with van der Waals surface area (Å²) in [4.78, 5) is 19.5. The highest BCUT2D eigenvalue weighted by Crippen LogP contribution is 2.27. The number of sulfonamides is 1. The van der Waals surface area contributed by atoms with Gasteiger partial charge in [-0.1, -0.05) is 0 Å². The number of hydrogen-bond donors (Lipinski definition) is 3. The molecule has 0 aliphatic carbocycles. The minimum atomic E-state index is -4.03. The van der Waals surface area contributed by atoms with E-state index in [-0.39, 0.29) is 13.2 Å². The van der Waals surface area contributed by atoms with Gasteiger partial charge in [-0.15, -0.1) is 0 Å². The Kier molecular flexibility index (Phi) is 5.58. The molecule has 1 rings (SSSR count). The van der Waals surface area contributed by atoms with Gasteiger partial charge in [0.15, 0.2) is 5.75 Å². The molecule has 0 aliphatic heterocycles. The number of carboxylic acids is 1. The number of phenols is 1. The predicted octanol–water partition coefficient (Wildman–Crippen LogP) is -0.320. The lowest BCUT2D eigenvalue weighted by Gasteiger charge is -2.07. The lowest BCUT2D eigenvalue weighted by Crippen LogP contribution is -2.28. The predicted molar refractivity (Wildman–Crippen MR) is 68.4 cm³/mol. The van der Waals surface area contributed by atoms with Crippen LogP contribution in [0.5, 0.6) is 5.75 Å². The summed E-state index contributed by atoms with van der Waals surface area (Å²) >= 11 is 0. The van der Waals surface area contributed by atoms with Gasteiger partial charge < -0.3 is 14.9 Å². The zero-order valence-corrected chi connectivity index (χ0v) is 11.4. The standard InChI is InChI=1S/C10H12N2O8S/c13-9-2-1-7(5-8(9)12(16)17)21(18,19)11-3-4-20-6-10(14)15/h1-2,5,11,13H,3-4,6H2,(H,14,15). The number of carbonyl (C=O) groups is 1. The monoisotopic (exact) mass is 320 g/mol. The van der Waals surface area contributed by atoms with Gasteiger partial charge in [-0.2, -0.15) is 0 Å². The van der Waals surface area contributed by atoms with Crippen molar-refractivity contribution in [2.24, 2.45) is 0 Å². The molecule has 116 valence electrons. The second-order valence-corrected chi connectivity index (χ2v) is 5.52. The van der Waals surface area contributed by atoms with Crippen LogP contribution in [-0.4, -0.2) is 49.3 Å². The molecule has 0 fully saturated rings. The first kappa shape index (κ1) is 16.8. The van der Waals surface area contributed by atoms with E-state index in [0.29, 0.717) is 0 Å². The molecule has 0 amide bonds. The van der Waals surface area contributed by atoms with Crippen molar-refractivity contribution in [3.8, 4) is 5.75 Å². The first-order valence-corrected chi connectivity index (χ1v) is 6.99. The minimum absolute atomic E-state index is 0.175. The summed E-state index contributed by atoms with van der Waals surface area (Å²) in [7, 11) is -4.03. The molecule has 21 heavy (non-hydrogen) atoms. The SMILES string of the molecule is O=C(O)COCCNS(=O)(=O)c1ccc(O)c([N+](=O)[O-])c1. The van der Waals surface area contributed by atoms with Crippen LogP contribution in [0.1, 0.15) is 0 Å². The molecule has 0 atom stereocenters. The Morgan fingerprint density at radius 2 is 2.10 bits per heavy atom. The van der Waals surface area contributed by atoms with Crippen LogP contribution >= 0.6 is 0 Å². The van der Waals surface area contributed by atoms with Gasteiger partial charge in [-0.05, 0) is 12.1 Å². The topological polar surface area (TPSA) is 156 Å². The summed E-state index contributed by atoms with van der Waals surface area (Å²) in [6.07, 6.45) is 0. The van der Waals surface area contributed by atoms with Crippen LogP contribution in [0, 0.1) is 10.1 Å². The third kappa shape index (κ3) is 4.98. The van der Waals surface area contributed by atoms with Gasteiger partial charge in [-0.3, -0.25) is 10.1 Å². The zero-order valence-electron chi connectivity index (χ0n) is 10.6. The average Bonchev–Trinajstić information content (AvgIpc) is 2.37. The van der Waals surface area contributed by atoms with E-state index in [1.165, 1.54) is 0 Å². The van der Waals surface area contributed by atoms with Crippen molar-refractivity contribution in [3.05, 3.63) is 28.3 Å². The maximum Gasteiger partial charge on any atom is 0.329 e. The van der Waals surface area contributed by atoms with Crippen molar-refractivity contribution in [3.63, 3.8) is 0 Å². The van der Waals surface area contributed by atoms with Gasteiger partial charge in [-0.25, -0.2) is 17.9 Å². The number of phenolic OH excluding ortho intramolecular Hbond substituents is 1. The second-order valence-electron chi connectivity index (χ2n) is 3.75. The van der Waals surface area contributed by atoms with Crippen LogP contribution in [0.25, 0.3) is 0 Å². The highest BCUT2D eigenvalue weighted by atomic mass is 32.2. The summed E-state index contributed by atoms with van der Waals surface area (Å²) in [5.74, 6) is -1.84. The first-order valence-electron chi connectivity index (χ1n) is 5.50. The smallest absolute Gasteiger partial charge is 0.329 e. The summed E-state index contributed by atoms with van der Waals surface area (Å²) in [5, 5.41) is 28.2. The zero-order chi connectivity index (χ0) is 16.0. The number of aromatic hydroxyl groups is 1. The quantitative estimate of drug-likeness (QED) is 0.334. The molecule has 0 aliphatic rings. The highest BCUT2D eigenvalue weighted by Gasteiger charge is 2.20. The molecule has 0 aromatic heterocycles. The largest absolute Gasteiger partial charge is 0.502 e. The number of ether oxygens (including phenoxy) is 1. The summed E-state index contributed by atoms with van der Waals surface area (Å²) in [5.41, 5.74) is -0.736. The third-order valence-electron chi connectivity index (χ3n) is 2.22. The number of nitro benzene ring substituents is 1. The van der Waals surface area contributed by atoms with Crippen LogP contribution in [0.15, 0.2) is 23.1 Å². The average molecular weight is 320 g/mol. The van der Waals surface area contributed by atoms with Crippen molar-refractivity contribution < 1.29 is 33.1 Å². The molecule has 1 aromatic carbocycles. The van der Waals surface area contributed by atoms with Gasteiger partial charge in [0.05, 0.1) is 16.4 Å². The Hall–Kier alpha value is -2.24. The van der Waals surface area contributed by atoms with Crippen LogP contribution < -0.4 is 4.72 Å². The Balaban J connectivity index is 2.72. The molecule has 3 N–H and O–H groups in total. The Labute approximate surface area is 119 Å². The van der Waals surface area contributed by atoms with E-state index in [1.54, 1.807) is 0 Å². The number of hydrogen-bond acceptors (Lipinski definition) is 7. The van der Waals surface area contributed by atoms with Crippen molar-refractivity contribution in [1.82, 2.24) is 4.72 Å². The molecule has 0 saturated heterocycles. The number of benzene rings is 1. The Bertz CT molecular complexity index is 642. The Morgan fingerprint density at radius 3 is 2.67 bits per heavy atom. The molecule has 0 unspecified atom stereocenters. The van der Waals surface area contributed by atoms with Crippen LogP contribution in [-0.2, 0) is 19.6 Å². The second kappa shape index (κ2) is 6.97.